The van der Waals surface area contributed by atoms with Crippen LogP contribution in [0.1, 0.15) is 65.9 Å². The fraction of sp³-hybridized carbons (Fsp3) is 0.636. The molecule has 1 aromatic carbocycles. The molecule has 0 aromatic heterocycles. The molecule has 0 saturated carbocycles. The van der Waals surface area contributed by atoms with Crippen LogP contribution in [0.2, 0.25) is 0 Å². The van der Waals surface area contributed by atoms with E-state index in [2.05, 4.69) is 27.7 Å². The molecule has 0 aliphatic carbocycles. The second-order valence-corrected chi connectivity index (χ2v) is 7.27. The van der Waals surface area contributed by atoms with Gasteiger partial charge >= 0.3 is 5.97 Å². The van der Waals surface area contributed by atoms with E-state index in [1.807, 2.05) is 42.2 Å². The van der Waals surface area contributed by atoms with E-state index in [9.17, 15) is 9.59 Å². The quantitative estimate of drug-likeness (QED) is 0.531. The SMILES string of the molecule is CCC(CC)N(CC)C(=O)C[C@@H](CC(C)C)C(=O)OCc1ccccc1. The highest BCUT2D eigenvalue weighted by atomic mass is 16.5. The molecule has 1 amide bonds. The van der Waals surface area contributed by atoms with Gasteiger partial charge in [0.2, 0.25) is 5.91 Å². The third-order valence-corrected chi connectivity index (χ3v) is 4.78. The van der Waals surface area contributed by atoms with Crippen molar-refractivity contribution in [1.29, 1.82) is 0 Å². The number of esters is 1. The minimum Gasteiger partial charge on any atom is -0.461 e. The van der Waals surface area contributed by atoms with Crippen LogP contribution in [0.15, 0.2) is 30.3 Å². The molecule has 0 aliphatic rings. The standard InChI is InChI=1S/C22H35NO3/c1-6-20(7-2)23(8-3)21(24)15-19(14-17(4)5)22(25)26-16-18-12-10-9-11-13-18/h9-13,17,19-20H,6-8,14-16H2,1-5H3/t19-/m1/s1. The Balaban J connectivity index is 2.75. The largest absolute Gasteiger partial charge is 0.461 e. The summed E-state index contributed by atoms with van der Waals surface area (Å²) in [7, 11) is 0. The van der Waals surface area contributed by atoms with E-state index in [1.165, 1.54) is 0 Å². The smallest absolute Gasteiger partial charge is 0.309 e. The molecule has 0 radical (unpaired) electrons. The third-order valence-electron chi connectivity index (χ3n) is 4.78. The highest BCUT2D eigenvalue weighted by Crippen LogP contribution is 2.21. The van der Waals surface area contributed by atoms with Crippen LogP contribution < -0.4 is 0 Å². The molecule has 0 bridgehead atoms. The monoisotopic (exact) mass is 361 g/mol. The van der Waals surface area contributed by atoms with E-state index in [1.54, 1.807) is 0 Å². The van der Waals surface area contributed by atoms with Crippen molar-refractivity contribution < 1.29 is 14.3 Å². The van der Waals surface area contributed by atoms with Gasteiger partial charge in [-0.2, -0.15) is 0 Å². The molecule has 0 saturated heterocycles. The zero-order valence-electron chi connectivity index (χ0n) is 17.0. The number of hydrogen-bond acceptors (Lipinski definition) is 3. The predicted octanol–water partition coefficient (Wildman–Crippen LogP) is 4.82. The lowest BCUT2D eigenvalue weighted by molar-refractivity contribution is -0.153. The highest BCUT2D eigenvalue weighted by molar-refractivity contribution is 5.83. The van der Waals surface area contributed by atoms with Gasteiger partial charge in [-0.3, -0.25) is 9.59 Å². The Morgan fingerprint density at radius 2 is 1.65 bits per heavy atom. The number of amides is 1. The average Bonchev–Trinajstić information content (AvgIpc) is 2.63. The summed E-state index contributed by atoms with van der Waals surface area (Å²) in [5.74, 6) is -0.255. The van der Waals surface area contributed by atoms with E-state index >= 15 is 0 Å². The fourth-order valence-electron chi connectivity index (χ4n) is 3.37. The highest BCUT2D eigenvalue weighted by Gasteiger charge is 2.28. The van der Waals surface area contributed by atoms with Crippen LogP contribution in [0.4, 0.5) is 0 Å². The van der Waals surface area contributed by atoms with Crippen molar-refractivity contribution in [2.75, 3.05) is 6.54 Å². The van der Waals surface area contributed by atoms with Crippen LogP contribution in [-0.2, 0) is 20.9 Å². The van der Waals surface area contributed by atoms with Crippen molar-refractivity contribution in [2.45, 2.75) is 73.0 Å². The summed E-state index contributed by atoms with van der Waals surface area (Å²) in [6.45, 7) is 11.3. The molecule has 1 atom stereocenters. The Morgan fingerprint density at radius 1 is 1.04 bits per heavy atom. The van der Waals surface area contributed by atoms with Crippen molar-refractivity contribution in [1.82, 2.24) is 4.90 Å². The molecule has 0 heterocycles. The van der Waals surface area contributed by atoms with Gasteiger partial charge in [-0.25, -0.2) is 0 Å². The van der Waals surface area contributed by atoms with Gasteiger partial charge in [0.25, 0.3) is 0 Å². The molecule has 4 heteroatoms. The lowest BCUT2D eigenvalue weighted by atomic mass is 9.93. The summed E-state index contributed by atoms with van der Waals surface area (Å²) in [6.07, 6.45) is 2.77. The van der Waals surface area contributed by atoms with E-state index in [4.69, 9.17) is 4.74 Å². The molecular weight excluding hydrogens is 326 g/mol. The van der Waals surface area contributed by atoms with Crippen molar-refractivity contribution in [3.05, 3.63) is 35.9 Å². The van der Waals surface area contributed by atoms with Gasteiger partial charge in [-0.15, -0.1) is 0 Å². The predicted molar refractivity (Wildman–Crippen MR) is 106 cm³/mol. The van der Waals surface area contributed by atoms with Gasteiger partial charge in [0.15, 0.2) is 0 Å². The van der Waals surface area contributed by atoms with Crippen LogP contribution >= 0.6 is 0 Å². The maximum atomic E-state index is 12.8. The minimum atomic E-state index is -0.380. The van der Waals surface area contributed by atoms with Crippen LogP contribution in [0, 0.1) is 11.8 Å². The van der Waals surface area contributed by atoms with Crippen LogP contribution in [0.5, 0.6) is 0 Å². The summed E-state index contributed by atoms with van der Waals surface area (Å²) in [4.78, 5) is 27.4. The first-order valence-electron chi connectivity index (χ1n) is 9.92. The van der Waals surface area contributed by atoms with E-state index < -0.39 is 0 Å². The van der Waals surface area contributed by atoms with Crippen molar-refractivity contribution in [3.8, 4) is 0 Å². The van der Waals surface area contributed by atoms with Crippen molar-refractivity contribution >= 4 is 11.9 Å². The minimum absolute atomic E-state index is 0.0588. The fourth-order valence-corrected chi connectivity index (χ4v) is 3.37. The Kier molecular flexibility index (Phi) is 10.0. The zero-order chi connectivity index (χ0) is 19.5. The van der Waals surface area contributed by atoms with E-state index in [0.29, 0.717) is 18.9 Å². The first-order chi connectivity index (χ1) is 12.4. The number of rotatable bonds is 11. The molecule has 0 aliphatic heterocycles. The van der Waals surface area contributed by atoms with Crippen molar-refractivity contribution in [3.63, 3.8) is 0 Å². The Morgan fingerprint density at radius 3 is 2.15 bits per heavy atom. The molecule has 0 N–H and O–H groups in total. The normalized spacial score (nSPS) is 12.3. The Hall–Kier alpha value is -1.84. The van der Waals surface area contributed by atoms with E-state index in [0.717, 1.165) is 18.4 Å². The molecule has 1 rings (SSSR count). The Bertz CT molecular complexity index is 538. The van der Waals surface area contributed by atoms with Crippen LogP contribution in [0.25, 0.3) is 0 Å². The summed E-state index contributed by atoms with van der Waals surface area (Å²) < 4.78 is 5.51. The maximum absolute atomic E-state index is 12.8. The number of carbonyl (C=O) groups is 2. The molecule has 0 fully saturated rings. The first kappa shape index (κ1) is 22.2. The summed E-state index contributed by atoms with van der Waals surface area (Å²) in [5, 5.41) is 0. The molecule has 0 unspecified atom stereocenters. The summed E-state index contributed by atoms with van der Waals surface area (Å²) in [6, 6.07) is 9.89. The van der Waals surface area contributed by atoms with Gasteiger partial charge in [-0.1, -0.05) is 58.0 Å². The number of ether oxygens (including phenoxy) is 1. The first-order valence-corrected chi connectivity index (χ1v) is 9.92. The second-order valence-electron chi connectivity index (χ2n) is 7.27. The lowest BCUT2D eigenvalue weighted by Gasteiger charge is -2.31. The molecule has 0 spiro atoms. The van der Waals surface area contributed by atoms with Gasteiger partial charge in [0, 0.05) is 19.0 Å². The Labute approximate surface area is 158 Å². The van der Waals surface area contributed by atoms with Gasteiger partial charge in [-0.05, 0) is 37.7 Å². The number of nitrogens with zero attached hydrogens (tertiary/aromatic N) is 1. The van der Waals surface area contributed by atoms with Crippen LogP contribution in [-0.4, -0.2) is 29.4 Å². The van der Waals surface area contributed by atoms with Gasteiger partial charge in [0.05, 0.1) is 5.92 Å². The third kappa shape index (κ3) is 7.19. The second kappa shape index (κ2) is 11.7. The topological polar surface area (TPSA) is 46.6 Å². The van der Waals surface area contributed by atoms with Crippen molar-refractivity contribution in [2.24, 2.45) is 11.8 Å². The number of carbonyl (C=O) groups excluding carboxylic acids is 2. The molecule has 1 aromatic rings. The number of hydrogen-bond donors (Lipinski definition) is 0. The molecule has 26 heavy (non-hydrogen) atoms. The van der Waals surface area contributed by atoms with Gasteiger partial charge < -0.3 is 9.64 Å². The molecule has 146 valence electrons. The van der Waals surface area contributed by atoms with Gasteiger partial charge in [0.1, 0.15) is 6.61 Å². The summed E-state index contributed by atoms with van der Waals surface area (Å²) >= 11 is 0. The molecule has 4 nitrogen and oxygen atoms in total. The molecular formula is C22H35NO3. The summed E-state index contributed by atoms with van der Waals surface area (Å²) in [5.41, 5.74) is 0.961. The lowest BCUT2D eigenvalue weighted by Crippen LogP contribution is -2.41. The number of benzene rings is 1. The average molecular weight is 362 g/mol. The van der Waals surface area contributed by atoms with E-state index in [-0.39, 0.29) is 36.9 Å². The van der Waals surface area contributed by atoms with Crippen LogP contribution in [0.3, 0.4) is 0 Å². The zero-order valence-corrected chi connectivity index (χ0v) is 17.0. The maximum Gasteiger partial charge on any atom is 0.309 e.